The van der Waals surface area contributed by atoms with Gasteiger partial charge in [-0.3, -0.25) is 9.69 Å². The molecule has 0 unspecified atom stereocenters. The van der Waals surface area contributed by atoms with E-state index >= 15 is 0 Å². The second kappa shape index (κ2) is 6.79. The lowest BCUT2D eigenvalue weighted by molar-refractivity contribution is -0.121. The smallest absolute Gasteiger partial charge is 0.220 e. The molecule has 14 heavy (non-hydrogen) atoms. The van der Waals surface area contributed by atoms with Gasteiger partial charge in [-0.1, -0.05) is 6.92 Å². The molecule has 4 heteroatoms. The molecule has 1 amide bonds. The maximum atomic E-state index is 11.1. The molecule has 0 aromatic carbocycles. The summed E-state index contributed by atoms with van der Waals surface area (Å²) in [5, 5.41) is 2.91. The Morgan fingerprint density at radius 3 is 2.79 bits per heavy atom. The Kier molecular flexibility index (Phi) is 5.56. The third kappa shape index (κ3) is 4.58. The number of nitrogens with one attached hydrogen (secondary N) is 1. The molecule has 0 bridgehead atoms. The van der Waals surface area contributed by atoms with Crippen LogP contribution in [0.25, 0.3) is 0 Å². The van der Waals surface area contributed by atoms with E-state index < -0.39 is 0 Å². The van der Waals surface area contributed by atoms with Crippen LogP contribution in [0.3, 0.4) is 0 Å². The normalized spacial score (nSPS) is 18.1. The second-order valence-electron chi connectivity index (χ2n) is 3.55. The highest BCUT2D eigenvalue weighted by molar-refractivity contribution is 5.75. The molecular weight excluding hydrogens is 180 g/mol. The third-order valence-corrected chi connectivity index (χ3v) is 2.33. The lowest BCUT2D eigenvalue weighted by Gasteiger charge is -2.26. The summed E-state index contributed by atoms with van der Waals surface area (Å²) in [6.07, 6.45) is 1.56. The molecule has 0 spiro atoms. The molecule has 1 saturated heterocycles. The number of carbonyl (C=O) groups excluding carboxylic acids is 1. The van der Waals surface area contributed by atoms with Gasteiger partial charge in [0.05, 0.1) is 13.2 Å². The molecule has 1 rings (SSSR count). The van der Waals surface area contributed by atoms with Crippen molar-refractivity contribution in [3.8, 4) is 0 Å². The van der Waals surface area contributed by atoms with Crippen LogP contribution in [0.4, 0.5) is 0 Å². The van der Waals surface area contributed by atoms with Crippen molar-refractivity contribution < 1.29 is 9.53 Å². The highest BCUT2D eigenvalue weighted by Crippen LogP contribution is 1.94. The summed E-state index contributed by atoms with van der Waals surface area (Å²) in [7, 11) is 0. The summed E-state index contributed by atoms with van der Waals surface area (Å²) in [5.74, 6) is 0.167. The highest BCUT2D eigenvalue weighted by Gasteiger charge is 2.09. The van der Waals surface area contributed by atoms with Gasteiger partial charge in [-0.15, -0.1) is 0 Å². The number of hydrogen-bond acceptors (Lipinski definition) is 3. The molecule has 0 aliphatic carbocycles. The van der Waals surface area contributed by atoms with Gasteiger partial charge in [-0.25, -0.2) is 0 Å². The standard InChI is InChI=1S/C10H20N2O2/c1-2-3-10(13)11-4-5-12-6-8-14-9-7-12/h2-9H2,1H3,(H,11,13). The predicted octanol–water partition coefficient (Wildman–Crippen LogP) is 0.235. The predicted molar refractivity (Wildman–Crippen MR) is 55.2 cm³/mol. The van der Waals surface area contributed by atoms with Crippen molar-refractivity contribution in [2.75, 3.05) is 39.4 Å². The molecule has 4 nitrogen and oxygen atoms in total. The van der Waals surface area contributed by atoms with Crippen LogP contribution in [-0.2, 0) is 9.53 Å². The van der Waals surface area contributed by atoms with Crippen LogP contribution in [0, 0.1) is 0 Å². The van der Waals surface area contributed by atoms with E-state index in [0.717, 1.165) is 45.8 Å². The van der Waals surface area contributed by atoms with Crippen LogP contribution >= 0.6 is 0 Å². The highest BCUT2D eigenvalue weighted by atomic mass is 16.5. The van der Waals surface area contributed by atoms with E-state index in [1.165, 1.54) is 0 Å². The van der Waals surface area contributed by atoms with Gasteiger partial charge in [-0.05, 0) is 6.42 Å². The lowest BCUT2D eigenvalue weighted by atomic mass is 10.3. The van der Waals surface area contributed by atoms with Crippen LogP contribution in [0.5, 0.6) is 0 Å². The molecule has 0 saturated carbocycles. The summed E-state index contributed by atoms with van der Waals surface area (Å²) in [5.41, 5.74) is 0. The summed E-state index contributed by atoms with van der Waals surface area (Å²) < 4.78 is 5.24. The van der Waals surface area contributed by atoms with E-state index in [1.54, 1.807) is 0 Å². The first-order valence-electron chi connectivity index (χ1n) is 5.39. The van der Waals surface area contributed by atoms with Gasteiger partial charge in [0.1, 0.15) is 0 Å². The second-order valence-corrected chi connectivity index (χ2v) is 3.55. The van der Waals surface area contributed by atoms with Crippen LogP contribution in [0.2, 0.25) is 0 Å². The van der Waals surface area contributed by atoms with Gasteiger partial charge in [0.15, 0.2) is 0 Å². The number of ether oxygens (including phenoxy) is 1. The molecular formula is C10H20N2O2. The molecule has 0 aromatic heterocycles. The maximum absolute atomic E-state index is 11.1. The number of rotatable bonds is 5. The fourth-order valence-electron chi connectivity index (χ4n) is 1.49. The molecule has 0 atom stereocenters. The van der Waals surface area contributed by atoms with E-state index in [1.807, 2.05) is 6.92 Å². The fraction of sp³-hybridized carbons (Fsp3) is 0.900. The van der Waals surface area contributed by atoms with Gasteiger partial charge in [0, 0.05) is 32.6 Å². The van der Waals surface area contributed by atoms with Crippen molar-refractivity contribution in [1.82, 2.24) is 10.2 Å². The van der Waals surface area contributed by atoms with E-state index in [2.05, 4.69) is 10.2 Å². The third-order valence-electron chi connectivity index (χ3n) is 2.33. The van der Waals surface area contributed by atoms with Crippen LogP contribution < -0.4 is 5.32 Å². The minimum Gasteiger partial charge on any atom is -0.379 e. The minimum absolute atomic E-state index is 0.167. The van der Waals surface area contributed by atoms with Crippen LogP contribution in [0.1, 0.15) is 19.8 Å². The Hall–Kier alpha value is -0.610. The molecule has 0 aromatic rings. The number of morpholine rings is 1. The van der Waals surface area contributed by atoms with Crippen molar-refractivity contribution in [1.29, 1.82) is 0 Å². The zero-order chi connectivity index (χ0) is 10.2. The Morgan fingerprint density at radius 2 is 2.14 bits per heavy atom. The average Bonchev–Trinajstić information content (AvgIpc) is 2.20. The zero-order valence-electron chi connectivity index (χ0n) is 8.92. The average molecular weight is 200 g/mol. The Morgan fingerprint density at radius 1 is 1.43 bits per heavy atom. The summed E-state index contributed by atoms with van der Waals surface area (Å²) in [4.78, 5) is 13.4. The van der Waals surface area contributed by atoms with E-state index in [9.17, 15) is 4.79 Å². The Balaban J connectivity index is 1.99. The quantitative estimate of drug-likeness (QED) is 0.691. The van der Waals surface area contributed by atoms with Crippen LogP contribution in [0.15, 0.2) is 0 Å². The number of hydrogen-bond donors (Lipinski definition) is 1. The molecule has 0 radical (unpaired) electrons. The van der Waals surface area contributed by atoms with Crippen molar-refractivity contribution in [3.05, 3.63) is 0 Å². The SMILES string of the molecule is CCCC(=O)NCCN1CCOCC1. The Labute approximate surface area is 85.6 Å². The van der Waals surface area contributed by atoms with Crippen molar-refractivity contribution in [3.63, 3.8) is 0 Å². The molecule has 82 valence electrons. The largest absolute Gasteiger partial charge is 0.379 e. The molecule has 1 aliphatic rings. The number of carbonyl (C=O) groups is 1. The maximum Gasteiger partial charge on any atom is 0.220 e. The molecule has 1 N–H and O–H groups in total. The van der Waals surface area contributed by atoms with Gasteiger partial charge in [-0.2, -0.15) is 0 Å². The number of amides is 1. The first-order valence-corrected chi connectivity index (χ1v) is 5.39. The molecule has 1 aliphatic heterocycles. The van der Waals surface area contributed by atoms with Crippen molar-refractivity contribution >= 4 is 5.91 Å². The van der Waals surface area contributed by atoms with Gasteiger partial charge in [0.25, 0.3) is 0 Å². The van der Waals surface area contributed by atoms with Gasteiger partial charge in [0.2, 0.25) is 5.91 Å². The lowest BCUT2D eigenvalue weighted by Crippen LogP contribution is -2.41. The van der Waals surface area contributed by atoms with E-state index in [0.29, 0.717) is 6.42 Å². The summed E-state index contributed by atoms with van der Waals surface area (Å²) >= 11 is 0. The van der Waals surface area contributed by atoms with E-state index in [-0.39, 0.29) is 5.91 Å². The van der Waals surface area contributed by atoms with Crippen molar-refractivity contribution in [2.24, 2.45) is 0 Å². The molecule has 1 fully saturated rings. The first-order chi connectivity index (χ1) is 6.83. The zero-order valence-corrected chi connectivity index (χ0v) is 8.92. The van der Waals surface area contributed by atoms with E-state index in [4.69, 9.17) is 4.74 Å². The monoisotopic (exact) mass is 200 g/mol. The first kappa shape index (κ1) is 11.5. The van der Waals surface area contributed by atoms with Gasteiger partial charge < -0.3 is 10.1 Å². The minimum atomic E-state index is 0.167. The topological polar surface area (TPSA) is 41.6 Å². The van der Waals surface area contributed by atoms with Gasteiger partial charge >= 0.3 is 0 Å². The van der Waals surface area contributed by atoms with Crippen molar-refractivity contribution in [2.45, 2.75) is 19.8 Å². The Bertz CT molecular complexity index is 168. The fourth-order valence-corrected chi connectivity index (χ4v) is 1.49. The van der Waals surface area contributed by atoms with Crippen LogP contribution in [-0.4, -0.2) is 50.2 Å². The summed E-state index contributed by atoms with van der Waals surface area (Å²) in [6.45, 7) is 7.35. The molecule has 1 heterocycles. The number of nitrogens with zero attached hydrogens (tertiary/aromatic N) is 1. The summed E-state index contributed by atoms with van der Waals surface area (Å²) in [6, 6.07) is 0.